The third-order valence-electron chi connectivity index (χ3n) is 2.71. The molecule has 2 aliphatic rings. The molecule has 1 amide bonds. The molecule has 4 nitrogen and oxygen atoms in total. The number of nitrogens with zero attached hydrogens (tertiary/aromatic N) is 1. The first kappa shape index (κ1) is 6.91. The molecule has 0 aromatic rings. The van der Waals surface area contributed by atoms with E-state index in [4.69, 9.17) is 5.11 Å². The number of nitrogens with one attached hydrogen (secondary N) is 1. The number of likely N-dealkylation sites (tertiary alicyclic amines) is 1. The van der Waals surface area contributed by atoms with Crippen LogP contribution in [0.15, 0.2) is 0 Å². The monoisotopic (exact) mass is 156 g/mol. The van der Waals surface area contributed by atoms with Gasteiger partial charge in [0.25, 0.3) is 0 Å². The van der Waals surface area contributed by atoms with Crippen LogP contribution in [0.2, 0.25) is 0 Å². The van der Waals surface area contributed by atoms with E-state index >= 15 is 0 Å². The van der Waals surface area contributed by atoms with Crippen molar-refractivity contribution in [2.75, 3.05) is 26.2 Å². The molecular formula is C7H12N2O2. The van der Waals surface area contributed by atoms with Gasteiger partial charge in [0.15, 0.2) is 0 Å². The normalized spacial score (nSPS) is 27.1. The second kappa shape index (κ2) is 2.11. The van der Waals surface area contributed by atoms with E-state index in [0.29, 0.717) is 5.41 Å². The summed E-state index contributed by atoms with van der Waals surface area (Å²) in [6.45, 7) is 3.44. The molecule has 0 saturated carbocycles. The third kappa shape index (κ3) is 0.976. The SMILES string of the molecule is O=C(O)N1CCC2(CNC2)C1. The van der Waals surface area contributed by atoms with Crippen molar-refractivity contribution < 1.29 is 9.90 Å². The molecule has 2 rings (SSSR count). The minimum absolute atomic E-state index is 0.304. The van der Waals surface area contributed by atoms with Crippen molar-refractivity contribution in [2.24, 2.45) is 5.41 Å². The van der Waals surface area contributed by atoms with E-state index in [1.54, 1.807) is 0 Å². The lowest BCUT2D eigenvalue weighted by molar-refractivity contribution is 0.135. The topological polar surface area (TPSA) is 52.6 Å². The summed E-state index contributed by atoms with van der Waals surface area (Å²) in [5.41, 5.74) is 0.304. The highest BCUT2D eigenvalue weighted by Crippen LogP contribution is 2.33. The average molecular weight is 156 g/mol. The van der Waals surface area contributed by atoms with Gasteiger partial charge in [0.1, 0.15) is 0 Å². The largest absolute Gasteiger partial charge is 0.465 e. The minimum atomic E-state index is -0.770. The number of carbonyl (C=O) groups is 1. The fraction of sp³-hybridized carbons (Fsp3) is 0.857. The Balaban J connectivity index is 1.98. The maximum atomic E-state index is 10.5. The van der Waals surface area contributed by atoms with Crippen molar-refractivity contribution in [1.29, 1.82) is 0 Å². The van der Waals surface area contributed by atoms with Gasteiger partial charge in [0.05, 0.1) is 0 Å². The van der Waals surface area contributed by atoms with Crippen molar-refractivity contribution in [3.8, 4) is 0 Å². The first-order valence-electron chi connectivity index (χ1n) is 3.91. The lowest BCUT2D eigenvalue weighted by atomic mass is 9.81. The zero-order valence-corrected chi connectivity index (χ0v) is 6.34. The molecule has 0 aromatic carbocycles. The van der Waals surface area contributed by atoms with Crippen molar-refractivity contribution >= 4 is 6.09 Å². The van der Waals surface area contributed by atoms with Crippen molar-refractivity contribution in [3.05, 3.63) is 0 Å². The van der Waals surface area contributed by atoms with Gasteiger partial charge >= 0.3 is 6.09 Å². The van der Waals surface area contributed by atoms with E-state index in [2.05, 4.69) is 5.32 Å². The Morgan fingerprint density at radius 2 is 2.27 bits per heavy atom. The van der Waals surface area contributed by atoms with Crippen molar-refractivity contribution in [3.63, 3.8) is 0 Å². The van der Waals surface area contributed by atoms with Gasteiger partial charge < -0.3 is 15.3 Å². The molecule has 0 radical (unpaired) electrons. The Hall–Kier alpha value is -0.770. The van der Waals surface area contributed by atoms with Crippen LogP contribution in [0.25, 0.3) is 0 Å². The van der Waals surface area contributed by atoms with Crippen LogP contribution in [-0.2, 0) is 0 Å². The van der Waals surface area contributed by atoms with Crippen LogP contribution in [0.1, 0.15) is 6.42 Å². The van der Waals surface area contributed by atoms with E-state index in [9.17, 15) is 4.79 Å². The van der Waals surface area contributed by atoms with E-state index in [1.165, 1.54) is 4.90 Å². The molecule has 1 spiro atoms. The first-order valence-corrected chi connectivity index (χ1v) is 3.91. The predicted molar refractivity (Wildman–Crippen MR) is 39.5 cm³/mol. The molecule has 62 valence electrons. The quantitative estimate of drug-likeness (QED) is 0.517. The molecule has 2 aliphatic heterocycles. The summed E-state index contributed by atoms with van der Waals surface area (Å²) in [6.07, 6.45) is 0.264. The maximum absolute atomic E-state index is 10.5. The van der Waals surface area contributed by atoms with Gasteiger partial charge in [-0.25, -0.2) is 4.79 Å². The highest BCUT2D eigenvalue weighted by Gasteiger charge is 2.44. The summed E-state index contributed by atoms with van der Waals surface area (Å²) < 4.78 is 0. The Bertz CT molecular complexity index is 189. The average Bonchev–Trinajstić information content (AvgIpc) is 2.28. The van der Waals surface area contributed by atoms with Gasteiger partial charge in [0.2, 0.25) is 0 Å². The van der Waals surface area contributed by atoms with Gasteiger partial charge in [-0.15, -0.1) is 0 Å². The molecule has 2 saturated heterocycles. The van der Waals surface area contributed by atoms with Crippen LogP contribution in [0.5, 0.6) is 0 Å². The van der Waals surface area contributed by atoms with E-state index in [1.807, 2.05) is 0 Å². The number of hydrogen-bond acceptors (Lipinski definition) is 2. The fourth-order valence-corrected chi connectivity index (χ4v) is 1.87. The highest BCUT2D eigenvalue weighted by atomic mass is 16.4. The summed E-state index contributed by atoms with van der Waals surface area (Å²) in [7, 11) is 0. The van der Waals surface area contributed by atoms with Gasteiger partial charge in [0, 0.05) is 31.6 Å². The van der Waals surface area contributed by atoms with Crippen LogP contribution in [0, 0.1) is 5.41 Å². The van der Waals surface area contributed by atoms with Crippen molar-refractivity contribution in [1.82, 2.24) is 10.2 Å². The molecule has 11 heavy (non-hydrogen) atoms. The van der Waals surface area contributed by atoms with Crippen LogP contribution < -0.4 is 5.32 Å². The summed E-state index contributed by atoms with van der Waals surface area (Å²) in [6, 6.07) is 0. The number of carboxylic acid groups (broad SMARTS) is 1. The summed E-state index contributed by atoms with van der Waals surface area (Å²) >= 11 is 0. The predicted octanol–water partition coefficient (Wildman–Crippen LogP) is -0.0403. The second-order valence-corrected chi connectivity index (χ2v) is 3.56. The highest BCUT2D eigenvalue weighted by molar-refractivity contribution is 5.65. The Kier molecular flexibility index (Phi) is 1.32. The molecule has 0 atom stereocenters. The lowest BCUT2D eigenvalue weighted by Gasteiger charge is -2.38. The summed E-state index contributed by atoms with van der Waals surface area (Å²) in [4.78, 5) is 12.0. The molecule has 0 aromatic heterocycles. The second-order valence-electron chi connectivity index (χ2n) is 3.56. The Morgan fingerprint density at radius 1 is 1.55 bits per heavy atom. The Labute approximate surface area is 65.2 Å². The van der Waals surface area contributed by atoms with Gasteiger partial charge in [-0.05, 0) is 6.42 Å². The van der Waals surface area contributed by atoms with Gasteiger partial charge in [-0.3, -0.25) is 0 Å². The fourth-order valence-electron chi connectivity index (χ4n) is 1.87. The number of hydrogen-bond donors (Lipinski definition) is 2. The first-order chi connectivity index (χ1) is 5.22. The molecule has 4 heteroatoms. The van der Waals surface area contributed by atoms with Gasteiger partial charge in [-0.2, -0.15) is 0 Å². The minimum Gasteiger partial charge on any atom is -0.465 e. The smallest absolute Gasteiger partial charge is 0.407 e. The lowest BCUT2D eigenvalue weighted by Crippen LogP contribution is -2.54. The molecule has 0 unspecified atom stereocenters. The molecule has 2 fully saturated rings. The van der Waals surface area contributed by atoms with Crippen LogP contribution in [0.4, 0.5) is 4.79 Å². The van der Waals surface area contributed by atoms with E-state index in [0.717, 1.165) is 32.6 Å². The standard InChI is InChI=1S/C7H12N2O2/c10-6(11)9-2-1-7(5-9)3-8-4-7/h8H,1-5H2,(H,10,11). The zero-order chi connectivity index (χ0) is 7.90. The molecular weight excluding hydrogens is 144 g/mol. The third-order valence-corrected chi connectivity index (χ3v) is 2.71. The van der Waals surface area contributed by atoms with Crippen LogP contribution >= 0.6 is 0 Å². The van der Waals surface area contributed by atoms with E-state index in [-0.39, 0.29) is 0 Å². The molecule has 2 heterocycles. The van der Waals surface area contributed by atoms with Gasteiger partial charge in [-0.1, -0.05) is 0 Å². The molecule has 0 aliphatic carbocycles. The Morgan fingerprint density at radius 3 is 2.55 bits per heavy atom. The zero-order valence-electron chi connectivity index (χ0n) is 6.34. The molecule has 0 bridgehead atoms. The summed E-state index contributed by atoms with van der Waals surface area (Å²) in [5, 5.41) is 11.9. The van der Waals surface area contributed by atoms with Crippen molar-refractivity contribution in [2.45, 2.75) is 6.42 Å². The number of amides is 1. The number of rotatable bonds is 0. The van der Waals surface area contributed by atoms with E-state index < -0.39 is 6.09 Å². The maximum Gasteiger partial charge on any atom is 0.407 e. The van der Waals surface area contributed by atoms with Crippen LogP contribution in [0.3, 0.4) is 0 Å². The van der Waals surface area contributed by atoms with Crippen LogP contribution in [-0.4, -0.2) is 42.3 Å². The summed E-state index contributed by atoms with van der Waals surface area (Å²) in [5.74, 6) is 0. The molecule has 2 N–H and O–H groups in total.